The Morgan fingerprint density at radius 1 is 1.14 bits per heavy atom. The molecule has 1 fully saturated rings. The number of nitrogens with zero attached hydrogens (tertiary/aromatic N) is 3. The number of benzene rings is 2. The fraction of sp³-hybridized carbons (Fsp3) is 0.100. The van der Waals surface area contributed by atoms with Crippen molar-refractivity contribution in [2.45, 2.75) is 4.90 Å². The van der Waals surface area contributed by atoms with Crippen molar-refractivity contribution in [2.75, 3.05) is 18.5 Å². The number of carbonyl (C=O) groups excluding carboxylic acids is 1. The number of carbonyl (C=O) groups is 1. The third-order valence-corrected chi connectivity index (χ3v) is 7.41. The van der Waals surface area contributed by atoms with E-state index in [1.54, 1.807) is 40.9 Å². The lowest BCUT2D eigenvalue weighted by Gasteiger charge is -2.15. The second-order valence-electron chi connectivity index (χ2n) is 6.06. The van der Waals surface area contributed by atoms with Crippen LogP contribution in [-0.4, -0.2) is 29.6 Å². The molecule has 0 aliphatic carbocycles. The molecule has 0 spiro atoms. The first kappa shape index (κ1) is 19.5. The van der Waals surface area contributed by atoms with Gasteiger partial charge in [-0.1, -0.05) is 53.2 Å². The SMILES string of the molecule is C=CCN1C(=O)/C(=C2\Sc3ccccc3N2C)SC1=Nc1ccc(Cl)c(Cl)c1. The van der Waals surface area contributed by atoms with Gasteiger partial charge in [0.05, 0.1) is 26.4 Å². The van der Waals surface area contributed by atoms with Crippen LogP contribution in [0.25, 0.3) is 0 Å². The fourth-order valence-electron chi connectivity index (χ4n) is 2.87. The number of fused-ring (bicyclic) bond motifs is 1. The molecule has 2 heterocycles. The van der Waals surface area contributed by atoms with Crippen molar-refractivity contribution >= 4 is 69.2 Å². The zero-order valence-corrected chi connectivity index (χ0v) is 18.0. The molecule has 2 aromatic rings. The van der Waals surface area contributed by atoms with Gasteiger partial charge in [-0.25, -0.2) is 4.99 Å². The number of halogens is 2. The summed E-state index contributed by atoms with van der Waals surface area (Å²) < 4.78 is 0. The monoisotopic (exact) mass is 447 g/mol. The molecular formula is C20H15Cl2N3OS2. The van der Waals surface area contributed by atoms with Crippen LogP contribution in [0.1, 0.15) is 0 Å². The van der Waals surface area contributed by atoms with Crippen LogP contribution in [0, 0.1) is 0 Å². The standard InChI is InChI=1S/C20H15Cl2N3OS2/c1-3-10-25-18(26)17(19-24(2)15-6-4-5-7-16(15)27-19)28-20(25)23-12-8-9-13(21)14(22)11-12/h3-9,11H,1,10H2,2H3/b19-17+,23-20?. The van der Waals surface area contributed by atoms with Crippen LogP contribution in [0.5, 0.6) is 0 Å². The average Bonchev–Trinajstić information content (AvgIpc) is 3.17. The zero-order chi connectivity index (χ0) is 19.8. The van der Waals surface area contributed by atoms with Gasteiger partial charge in [0.2, 0.25) is 0 Å². The number of rotatable bonds is 3. The lowest BCUT2D eigenvalue weighted by Crippen LogP contribution is -2.29. The van der Waals surface area contributed by atoms with E-state index in [9.17, 15) is 4.79 Å². The second-order valence-corrected chi connectivity index (χ2v) is 8.88. The molecule has 2 aliphatic rings. The number of hydrogen-bond donors (Lipinski definition) is 0. The largest absolute Gasteiger partial charge is 0.337 e. The molecule has 0 radical (unpaired) electrons. The lowest BCUT2D eigenvalue weighted by atomic mass is 10.3. The van der Waals surface area contributed by atoms with E-state index in [2.05, 4.69) is 22.5 Å². The molecule has 0 bridgehead atoms. The van der Waals surface area contributed by atoms with Crippen LogP contribution in [0.4, 0.5) is 11.4 Å². The Morgan fingerprint density at radius 2 is 1.93 bits per heavy atom. The Balaban J connectivity index is 1.74. The normalized spacial score (nSPS) is 20.2. The van der Waals surface area contributed by atoms with Crippen molar-refractivity contribution < 1.29 is 4.79 Å². The molecule has 0 atom stereocenters. The van der Waals surface area contributed by atoms with Gasteiger partial charge >= 0.3 is 0 Å². The van der Waals surface area contributed by atoms with Crippen molar-refractivity contribution in [3.05, 3.63) is 75.1 Å². The second kappa shape index (κ2) is 7.87. The quantitative estimate of drug-likeness (QED) is 0.417. The molecule has 1 saturated heterocycles. The summed E-state index contributed by atoms with van der Waals surface area (Å²) >= 11 is 15.1. The van der Waals surface area contributed by atoms with E-state index in [1.165, 1.54) is 11.8 Å². The minimum atomic E-state index is -0.0779. The van der Waals surface area contributed by atoms with Crippen molar-refractivity contribution in [1.29, 1.82) is 0 Å². The molecule has 2 aliphatic heterocycles. The van der Waals surface area contributed by atoms with Gasteiger partial charge in [-0.2, -0.15) is 0 Å². The first-order chi connectivity index (χ1) is 13.5. The molecule has 8 heteroatoms. The Hall–Kier alpha value is -1.86. The lowest BCUT2D eigenvalue weighted by molar-refractivity contribution is -0.121. The molecule has 2 aromatic carbocycles. The van der Waals surface area contributed by atoms with Crippen LogP contribution in [0.15, 0.2) is 74.9 Å². The third kappa shape index (κ3) is 3.46. The molecule has 0 saturated carbocycles. The maximum Gasteiger partial charge on any atom is 0.269 e. The predicted octanol–water partition coefficient (Wildman–Crippen LogP) is 6.15. The van der Waals surface area contributed by atoms with Crippen molar-refractivity contribution in [2.24, 2.45) is 4.99 Å². The molecule has 4 nitrogen and oxygen atoms in total. The zero-order valence-electron chi connectivity index (χ0n) is 14.9. The Labute approximate surface area is 181 Å². The molecule has 28 heavy (non-hydrogen) atoms. The number of thioether (sulfide) groups is 2. The first-order valence-electron chi connectivity index (χ1n) is 8.39. The van der Waals surface area contributed by atoms with Gasteiger partial charge in [-0.15, -0.1) is 6.58 Å². The van der Waals surface area contributed by atoms with E-state index < -0.39 is 0 Å². The Morgan fingerprint density at radius 3 is 2.64 bits per heavy atom. The number of aliphatic imine (C=N–C) groups is 1. The van der Waals surface area contributed by atoms with Crippen molar-refractivity contribution in [1.82, 2.24) is 4.90 Å². The summed E-state index contributed by atoms with van der Waals surface area (Å²) in [5.74, 6) is -0.0779. The van der Waals surface area contributed by atoms with Gasteiger partial charge in [0.15, 0.2) is 5.17 Å². The number of amides is 1. The van der Waals surface area contributed by atoms with E-state index in [4.69, 9.17) is 23.2 Å². The predicted molar refractivity (Wildman–Crippen MR) is 121 cm³/mol. The Bertz CT molecular complexity index is 1050. The van der Waals surface area contributed by atoms with Crippen LogP contribution >= 0.6 is 46.7 Å². The number of amidine groups is 1. The third-order valence-electron chi connectivity index (χ3n) is 4.24. The topological polar surface area (TPSA) is 35.9 Å². The molecule has 142 valence electrons. The van der Waals surface area contributed by atoms with Gasteiger partial charge in [0, 0.05) is 18.5 Å². The van der Waals surface area contributed by atoms with Gasteiger partial charge in [0.1, 0.15) is 4.91 Å². The van der Waals surface area contributed by atoms with Crippen molar-refractivity contribution in [3.8, 4) is 0 Å². The summed E-state index contributed by atoms with van der Waals surface area (Å²) in [5.41, 5.74) is 1.73. The van der Waals surface area contributed by atoms with E-state index in [0.29, 0.717) is 32.4 Å². The molecule has 0 unspecified atom stereocenters. The van der Waals surface area contributed by atoms with Gasteiger partial charge < -0.3 is 4.90 Å². The first-order valence-corrected chi connectivity index (χ1v) is 10.8. The van der Waals surface area contributed by atoms with E-state index in [1.807, 2.05) is 25.2 Å². The molecule has 1 amide bonds. The number of para-hydroxylation sites is 1. The highest BCUT2D eigenvalue weighted by molar-refractivity contribution is 8.19. The van der Waals surface area contributed by atoms with Gasteiger partial charge in [0.25, 0.3) is 5.91 Å². The number of anilines is 1. The molecular weight excluding hydrogens is 433 g/mol. The van der Waals surface area contributed by atoms with E-state index in [-0.39, 0.29) is 5.91 Å². The smallest absolute Gasteiger partial charge is 0.269 e. The van der Waals surface area contributed by atoms with Crippen LogP contribution in [0.2, 0.25) is 10.0 Å². The van der Waals surface area contributed by atoms with Crippen molar-refractivity contribution in [3.63, 3.8) is 0 Å². The Kier molecular flexibility index (Phi) is 5.47. The maximum absolute atomic E-state index is 13.1. The molecule has 4 rings (SSSR count). The van der Waals surface area contributed by atoms with E-state index in [0.717, 1.165) is 15.6 Å². The minimum absolute atomic E-state index is 0.0779. The van der Waals surface area contributed by atoms with Crippen LogP contribution < -0.4 is 4.90 Å². The minimum Gasteiger partial charge on any atom is -0.337 e. The summed E-state index contributed by atoms with van der Waals surface area (Å²) in [5, 5.41) is 2.39. The van der Waals surface area contributed by atoms with Gasteiger partial charge in [-0.3, -0.25) is 9.69 Å². The maximum atomic E-state index is 13.1. The highest BCUT2D eigenvalue weighted by Gasteiger charge is 2.38. The highest BCUT2D eigenvalue weighted by Crippen LogP contribution is 2.50. The highest BCUT2D eigenvalue weighted by atomic mass is 35.5. The molecule has 0 N–H and O–H groups in total. The van der Waals surface area contributed by atoms with E-state index >= 15 is 0 Å². The summed E-state index contributed by atoms with van der Waals surface area (Å²) in [6.45, 7) is 4.15. The summed E-state index contributed by atoms with van der Waals surface area (Å²) in [6.07, 6.45) is 1.69. The summed E-state index contributed by atoms with van der Waals surface area (Å²) in [4.78, 5) is 23.2. The fourth-order valence-corrected chi connectivity index (χ4v) is 5.52. The van der Waals surface area contributed by atoms with Gasteiger partial charge in [-0.05, 0) is 42.1 Å². The van der Waals surface area contributed by atoms with Crippen LogP contribution in [-0.2, 0) is 4.79 Å². The summed E-state index contributed by atoms with van der Waals surface area (Å²) in [6, 6.07) is 13.2. The average molecular weight is 448 g/mol. The summed E-state index contributed by atoms with van der Waals surface area (Å²) in [7, 11) is 1.97. The number of hydrogen-bond acceptors (Lipinski definition) is 5. The van der Waals surface area contributed by atoms with Crippen LogP contribution in [0.3, 0.4) is 0 Å². The molecule has 0 aromatic heterocycles.